The molecule has 0 saturated carbocycles. The number of ether oxygens (including phenoxy) is 1. The Morgan fingerprint density at radius 1 is 1.16 bits per heavy atom. The molecule has 0 aliphatic rings. The van der Waals surface area contributed by atoms with Gasteiger partial charge in [-0.3, -0.25) is 4.79 Å². The molecule has 6 nitrogen and oxygen atoms in total. The summed E-state index contributed by atoms with van der Waals surface area (Å²) in [6.45, 7) is 3.20. The van der Waals surface area contributed by atoms with E-state index in [9.17, 15) is 9.18 Å². The van der Waals surface area contributed by atoms with Crippen molar-refractivity contribution >= 4 is 16.8 Å². The number of carbonyl (C=O) groups is 1. The summed E-state index contributed by atoms with van der Waals surface area (Å²) in [5.74, 6) is -0.101. The van der Waals surface area contributed by atoms with Crippen LogP contribution in [0, 0.1) is 12.7 Å². The van der Waals surface area contributed by atoms with E-state index in [0.717, 1.165) is 27.7 Å². The van der Waals surface area contributed by atoms with Crippen molar-refractivity contribution < 1.29 is 19.0 Å². The van der Waals surface area contributed by atoms with E-state index in [1.54, 1.807) is 23.0 Å². The Kier molecular flexibility index (Phi) is 6.18. The van der Waals surface area contributed by atoms with Crippen LogP contribution in [0.3, 0.4) is 0 Å². The van der Waals surface area contributed by atoms with Crippen molar-refractivity contribution in [3.8, 4) is 11.4 Å². The second-order valence-electron chi connectivity index (χ2n) is 7.67. The van der Waals surface area contributed by atoms with Crippen LogP contribution in [-0.4, -0.2) is 33.4 Å². The van der Waals surface area contributed by atoms with Crippen LogP contribution in [-0.2, 0) is 4.79 Å². The van der Waals surface area contributed by atoms with E-state index in [2.05, 4.69) is 10.4 Å². The largest absolute Gasteiger partial charge is 0.483 e. The van der Waals surface area contributed by atoms with E-state index < -0.39 is 18.6 Å². The SMILES string of the molecule is Cc1cc2c(cnn2-c2ccc(F)cc2)cc1O[C@H](c1ccccc1)C(C)NC(=O)CO. The van der Waals surface area contributed by atoms with Gasteiger partial charge in [0.2, 0.25) is 5.91 Å². The van der Waals surface area contributed by atoms with Gasteiger partial charge in [0, 0.05) is 5.39 Å². The monoisotopic (exact) mass is 433 g/mol. The number of hydrogen-bond donors (Lipinski definition) is 2. The average molecular weight is 433 g/mol. The van der Waals surface area contributed by atoms with Crippen molar-refractivity contribution in [1.29, 1.82) is 0 Å². The third kappa shape index (κ3) is 4.48. The molecule has 164 valence electrons. The standard InChI is InChI=1S/C25H24FN3O3/c1-16-12-22-19(14-27-29(22)21-10-8-20(26)9-11-21)13-23(16)32-25(17(2)28-24(31)15-30)18-6-4-3-5-7-18/h3-14,17,25,30H,15H2,1-2H3,(H,28,31)/t17?,25-/m0/s1. The van der Waals surface area contributed by atoms with Gasteiger partial charge in [-0.1, -0.05) is 30.3 Å². The van der Waals surface area contributed by atoms with E-state index in [4.69, 9.17) is 9.84 Å². The quantitative estimate of drug-likeness (QED) is 0.460. The molecule has 0 radical (unpaired) electrons. The molecule has 1 aromatic heterocycles. The maximum absolute atomic E-state index is 13.3. The number of carbonyl (C=O) groups excluding carboxylic acids is 1. The molecule has 32 heavy (non-hydrogen) atoms. The highest BCUT2D eigenvalue weighted by Gasteiger charge is 2.24. The highest BCUT2D eigenvalue weighted by Crippen LogP contribution is 2.32. The number of nitrogens with zero attached hydrogens (tertiary/aromatic N) is 2. The summed E-state index contributed by atoms with van der Waals surface area (Å²) in [7, 11) is 0. The Bertz CT molecular complexity index is 1220. The predicted octanol–water partition coefficient (Wildman–Crippen LogP) is 4.09. The van der Waals surface area contributed by atoms with Crippen molar-refractivity contribution in [2.45, 2.75) is 26.0 Å². The van der Waals surface area contributed by atoms with Gasteiger partial charge in [-0.05, 0) is 61.4 Å². The fraction of sp³-hybridized carbons (Fsp3) is 0.200. The topological polar surface area (TPSA) is 76.4 Å². The average Bonchev–Trinajstić information content (AvgIpc) is 3.20. The maximum Gasteiger partial charge on any atom is 0.246 e. The number of aliphatic hydroxyl groups excluding tert-OH is 1. The molecule has 3 aromatic carbocycles. The Morgan fingerprint density at radius 3 is 2.56 bits per heavy atom. The van der Waals surface area contributed by atoms with Crippen LogP contribution in [0.15, 0.2) is 72.9 Å². The normalized spacial score (nSPS) is 13.0. The molecule has 1 heterocycles. The zero-order valence-corrected chi connectivity index (χ0v) is 17.8. The van der Waals surface area contributed by atoms with Gasteiger partial charge in [-0.2, -0.15) is 5.10 Å². The van der Waals surface area contributed by atoms with E-state index in [0.29, 0.717) is 5.75 Å². The van der Waals surface area contributed by atoms with Crippen molar-refractivity contribution in [3.05, 3.63) is 89.9 Å². The second kappa shape index (κ2) is 9.20. The summed E-state index contributed by atoms with van der Waals surface area (Å²) in [6, 6.07) is 19.3. The van der Waals surface area contributed by atoms with E-state index >= 15 is 0 Å². The van der Waals surface area contributed by atoms with Gasteiger partial charge in [-0.25, -0.2) is 9.07 Å². The number of aryl methyl sites for hydroxylation is 1. The Labute approximate surface area is 185 Å². The molecular formula is C25H24FN3O3. The molecule has 0 saturated heterocycles. The third-order valence-corrected chi connectivity index (χ3v) is 5.30. The van der Waals surface area contributed by atoms with Gasteiger partial charge in [-0.15, -0.1) is 0 Å². The molecule has 1 unspecified atom stereocenters. The van der Waals surface area contributed by atoms with Gasteiger partial charge in [0.15, 0.2) is 0 Å². The number of amides is 1. The lowest BCUT2D eigenvalue weighted by Crippen LogP contribution is -2.40. The Morgan fingerprint density at radius 2 is 1.88 bits per heavy atom. The van der Waals surface area contributed by atoms with Crippen LogP contribution < -0.4 is 10.1 Å². The summed E-state index contributed by atoms with van der Waals surface area (Å²) in [5, 5.41) is 17.2. The van der Waals surface area contributed by atoms with Gasteiger partial charge < -0.3 is 15.2 Å². The fourth-order valence-corrected chi connectivity index (χ4v) is 3.69. The molecular weight excluding hydrogens is 409 g/mol. The summed E-state index contributed by atoms with van der Waals surface area (Å²) in [6.07, 6.45) is 1.27. The van der Waals surface area contributed by atoms with Crippen molar-refractivity contribution in [3.63, 3.8) is 0 Å². The minimum atomic E-state index is -0.584. The zero-order valence-electron chi connectivity index (χ0n) is 17.8. The van der Waals surface area contributed by atoms with Crippen LogP contribution in [0.4, 0.5) is 4.39 Å². The second-order valence-corrected chi connectivity index (χ2v) is 7.67. The highest BCUT2D eigenvalue weighted by molar-refractivity contribution is 5.83. The first kappa shape index (κ1) is 21.5. The van der Waals surface area contributed by atoms with Crippen molar-refractivity contribution in [1.82, 2.24) is 15.1 Å². The van der Waals surface area contributed by atoms with Crippen molar-refractivity contribution in [2.24, 2.45) is 0 Å². The Hall–Kier alpha value is -3.71. The number of benzene rings is 3. The fourth-order valence-electron chi connectivity index (χ4n) is 3.69. The van der Waals surface area contributed by atoms with E-state index in [-0.39, 0.29) is 11.9 Å². The first-order valence-corrected chi connectivity index (χ1v) is 10.3. The lowest BCUT2D eigenvalue weighted by Gasteiger charge is -2.27. The number of halogens is 1. The maximum atomic E-state index is 13.3. The Balaban J connectivity index is 1.68. The van der Waals surface area contributed by atoms with Crippen LogP contribution in [0.1, 0.15) is 24.2 Å². The van der Waals surface area contributed by atoms with E-state index in [1.807, 2.05) is 56.3 Å². The van der Waals surface area contributed by atoms with Crippen LogP contribution in [0.5, 0.6) is 5.75 Å². The number of fused-ring (bicyclic) bond motifs is 1. The van der Waals surface area contributed by atoms with Gasteiger partial charge in [0.05, 0.1) is 23.4 Å². The van der Waals surface area contributed by atoms with E-state index in [1.165, 1.54) is 12.1 Å². The van der Waals surface area contributed by atoms with Crippen LogP contribution in [0.2, 0.25) is 0 Å². The van der Waals surface area contributed by atoms with Gasteiger partial charge in [0.25, 0.3) is 0 Å². The number of nitrogens with one attached hydrogen (secondary N) is 1. The molecule has 0 aliphatic heterocycles. The molecule has 2 N–H and O–H groups in total. The molecule has 1 amide bonds. The summed E-state index contributed by atoms with van der Waals surface area (Å²) < 4.78 is 21.5. The summed E-state index contributed by atoms with van der Waals surface area (Å²) in [5.41, 5.74) is 3.43. The highest BCUT2D eigenvalue weighted by atomic mass is 19.1. The first-order chi connectivity index (χ1) is 15.5. The predicted molar refractivity (Wildman–Crippen MR) is 120 cm³/mol. The first-order valence-electron chi connectivity index (χ1n) is 10.3. The molecule has 0 bridgehead atoms. The minimum Gasteiger partial charge on any atom is -0.483 e. The lowest BCUT2D eigenvalue weighted by molar-refractivity contribution is -0.125. The molecule has 0 fully saturated rings. The van der Waals surface area contributed by atoms with Crippen molar-refractivity contribution in [2.75, 3.05) is 6.61 Å². The number of rotatable bonds is 7. The smallest absolute Gasteiger partial charge is 0.246 e. The summed E-state index contributed by atoms with van der Waals surface area (Å²) in [4.78, 5) is 11.8. The third-order valence-electron chi connectivity index (χ3n) is 5.30. The number of hydrogen-bond acceptors (Lipinski definition) is 4. The number of aromatic nitrogens is 2. The minimum absolute atomic E-state index is 0.300. The van der Waals surface area contributed by atoms with Gasteiger partial charge in [0.1, 0.15) is 24.3 Å². The molecule has 0 aliphatic carbocycles. The van der Waals surface area contributed by atoms with Crippen LogP contribution >= 0.6 is 0 Å². The molecule has 0 spiro atoms. The van der Waals surface area contributed by atoms with Gasteiger partial charge >= 0.3 is 0 Å². The molecule has 4 aromatic rings. The summed E-state index contributed by atoms with van der Waals surface area (Å²) >= 11 is 0. The molecule has 7 heteroatoms. The lowest BCUT2D eigenvalue weighted by atomic mass is 10.0. The zero-order chi connectivity index (χ0) is 22.7. The number of aliphatic hydroxyl groups is 1. The molecule has 2 atom stereocenters. The van der Waals surface area contributed by atoms with Crippen LogP contribution in [0.25, 0.3) is 16.6 Å². The molecule has 4 rings (SSSR count).